The number of amides is 1. The summed E-state index contributed by atoms with van der Waals surface area (Å²) in [4.78, 5) is 19.2. The summed E-state index contributed by atoms with van der Waals surface area (Å²) in [6.45, 7) is 6.15. The maximum Gasteiger partial charge on any atom is 0.242 e. The normalized spacial score (nSPS) is 18.0. The van der Waals surface area contributed by atoms with Crippen molar-refractivity contribution in [3.8, 4) is 0 Å². The molecule has 3 aromatic rings. The number of hydrogen-bond acceptors (Lipinski definition) is 2. The molecule has 0 spiro atoms. The molecule has 1 fully saturated rings. The first kappa shape index (κ1) is 15.9. The summed E-state index contributed by atoms with van der Waals surface area (Å²) in [6.07, 6.45) is 8.09. The first-order valence-electron chi connectivity index (χ1n) is 8.95. The number of hydrogen-bond donors (Lipinski definition) is 0. The van der Waals surface area contributed by atoms with Gasteiger partial charge in [-0.2, -0.15) is 0 Å². The van der Waals surface area contributed by atoms with Gasteiger partial charge in [0.1, 0.15) is 12.4 Å². The van der Waals surface area contributed by atoms with Crippen LogP contribution in [-0.2, 0) is 11.3 Å². The number of aromatic nitrogens is 3. The fourth-order valence-electron chi connectivity index (χ4n) is 3.99. The number of para-hydroxylation sites is 1. The lowest BCUT2D eigenvalue weighted by atomic mass is 10.1. The van der Waals surface area contributed by atoms with Crippen molar-refractivity contribution in [3.63, 3.8) is 0 Å². The van der Waals surface area contributed by atoms with Crippen LogP contribution in [-0.4, -0.2) is 38.0 Å². The highest BCUT2D eigenvalue weighted by Crippen LogP contribution is 2.24. The van der Waals surface area contributed by atoms with E-state index in [-0.39, 0.29) is 5.91 Å². The van der Waals surface area contributed by atoms with Gasteiger partial charge in [0.25, 0.3) is 0 Å². The van der Waals surface area contributed by atoms with Gasteiger partial charge in [0.15, 0.2) is 0 Å². The zero-order chi connectivity index (χ0) is 17.4. The molecule has 2 aromatic heterocycles. The zero-order valence-electron chi connectivity index (χ0n) is 14.9. The Kier molecular flexibility index (Phi) is 4.07. The Morgan fingerprint density at radius 1 is 1.28 bits per heavy atom. The van der Waals surface area contributed by atoms with Gasteiger partial charge in [-0.1, -0.05) is 18.2 Å². The number of benzene rings is 1. The number of carbonyl (C=O) groups is 1. The van der Waals surface area contributed by atoms with Crippen molar-refractivity contribution in [3.05, 3.63) is 54.2 Å². The number of likely N-dealkylation sites (tertiary alicyclic amines) is 1. The minimum Gasteiger partial charge on any atom is -0.339 e. The van der Waals surface area contributed by atoms with E-state index in [4.69, 9.17) is 0 Å². The SMILES string of the molecule is Cc1cn(CC(=O)N2CCCC(n3ccnc3C)C2)c2ccccc12. The van der Waals surface area contributed by atoms with Crippen molar-refractivity contribution in [2.45, 2.75) is 39.3 Å². The minimum atomic E-state index is 0.197. The van der Waals surface area contributed by atoms with Gasteiger partial charge in [-0.25, -0.2) is 4.98 Å². The van der Waals surface area contributed by atoms with Crippen molar-refractivity contribution >= 4 is 16.8 Å². The van der Waals surface area contributed by atoms with E-state index in [0.717, 1.165) is 37.3 Å². The molecule has 0 saturated carbocycles. The molecule has 1 aliphatic rings. The Bertz CT molecular complexity index is 907. The van der Waals surface area contributed by atoms with Gasteiger partial charge in [0.2, 0.25) is 5.91 Å². The summed E-state index contributed by atoms with van der Waals surface area (Å²) in [5.74, 6) is 1.22. The molecule has 0 N–H and O–H groups in total. The zero-order valence-corrected chi connectivity index (χ0v) is 14.9. The van der Waals surface area contributed by atoms with E-state index < -0.39 is 0 Å². The van der Waals surface area contributed by atoms with Crippen LogP contribution in [0.5, 0.6) is 0 Å². The molecule has 1 aromatic carbocycles. The summed E-state index contributed by atoms with van der Waals surface area (Å²) in [7, 11) is 0. The largest absolute Gasteiger partial charge is 0.339 e. The van der Waals surface area contributed by atoms with Gasteiger partial charge in [-0.15, -0.1) is 0 Å². The van der Waals surface area contributed by atoms with Gasteiger partial charge in [-0.3, -0.25) is 4.79 Å². The molecule has 130 valence electrons. The van der Waals surface area contributed by atoms with Gasteiger partial charge in [0.05, 0.1) is 6.04 Å². The number of piperidine rings is 1. The molecule has 1 amide bonds. The van der Waals surface area contributed by atoms with Gasteiger partial charge in [-0.05, 0) is 38.3 Å². The van der Waals surface area contributed by atoms with Crippen molar-refractivity contribution in [1.29, 1.82) is 0 Å². The van der Waals surface area contributed by atoms with Crippen LogP contribution in [0.25, 0.3) is 10.9 Å². The summed E-state index contributed by atoms with van der Waals surface area (Å²) in [6, 6.07) is 8.61. The van der Waals surface area contributed by atoms with E-state index in [1.54, 1.807) is 0 Å². The predicted octanol–water partition coefficient (Wildman–Crippen LogP) is 3.32. The minimum absolute atomic E-state index is 0.197. The molecule has 1 atom stereocenters. The monoisotopic (exact) mass is 336 g/mol. The highest BCUT2D eigenvalue weighted by molar-refractivity contribution is 5.86. The van der Waals surface area contributed by atoms with E-state index in [1.807, 2.05) is 36.4 Å². The molecule has 0 radical (unpaired) electrons. The maximum atomic E-state index is 12.9. The Hall–Kier alpha value is -2.56. The van der Waals surface area contributed by atoms with Crippen molar-refractivity contribution in [2.24, 2.45) is 0 Å². The highest BCUT2D eigenvalue weighted by atomic mass is 16.2. The number of rotatable bonds is 3. The van der Waals surface area contributed by atoms with E-state index in [2.05, 4.69) is 39.4 Å². The first-order chi connectivity index (χ1) is 12.1. The standard InChI is InChI=1S/C20H24N4O/c1-15-12-23(19-8-4-3-7-18(15)19)14-20(25)22-10-5-6-17(13-22)24-11-9-21-16(24)2/h3-4,7-9,11-12,17H,5-6,10,13-14H2,1-2H3. The van der Waals surface area contributed by atoms with E-state index in [9.17, 15) is 4.79 Å². The Balaban J connectivity index is 1.51. The van der Waals surface area contributed by atoms with Crippen LogP contribution in [0, 0.1) is 13.8 Å². The summed E-state index contributed by atoms with van der Waals surface area (Å²) >= 11 is 0. The van der Waals surface area contributed by atoms with Crippen LogP contribution >= 0.6 is 0 Å². The molecule has 1 saturated heterocycles. The number of nitrogens with zero attached hydrogens (tertiary/aromatic N) is 4. The smallest absolute Gasteiger partial charge is 0.242 e. The molecule has 5 heteroatoms. The molecule has 5 nitrogen and oxygen atoms in total. The van der Waals surface area contributed by atoms with Crippen LogP contribution < -0.4 is 0 Å². The number of imidazole rings is 1. The second-order valence-corrected chi connectivity index (χ2v) is 6.97. The highest BCUT2D eigenvalue weighted by Gasteiger charge is 2.25. The van der Waals surface area contributed by atoms with E-state index in [0.29, 0.717) is 12.6 Å². The lowest BCUT2D eigenvalue weighted by Crippen LogP contribution is -2.42. The number of carbonyl (C=O) groups excluding carboxylic acids is 1. The fraction of sp³-hybridized carbons (Fsp3) is 0.400. The Labute approximate surface area is 147 Å². The topological polar surface area (TPSA) is 43.1 Å². The van der Waals surface area contributed by atoms with Crippen molar-refractivity contribution in [2.75, 3.05) is 13.1 Å². The lowest BCUT2D eigenvalue weighted by Gasteiger charge is -2.34. The molecule has 4 rings (SSSR count). The number of fused-ring (bicyclic) bond motifs is 1. The van der Waals surface area contributed by atoms with Crippen LogP contribution in [0.2, 0.25) is 0 Å². The molecular formula is C20H24N4O. The molecule has 25 heavy (non-hydrogen) atoms. The average Bonchev–Trinajstić information content (AvgIpc) is 3.19. The van der Waals surface area contributed by atoms with Gasteiger partial charge in [0, 0.05) is 42.6 Å². The van der Waals surface area contributed by atoms with Crippen molar-refractivity contribution in [1.82, 2.24) is 19.0 Å². The molecule has 0 aliphatic carbocycles. The first-order valence-corrected chi connectivity index (χ1v) is 8.95. The Morgan fingerprint density at radius 3 is 2.92 bits per heavy atom. The quantitative estimate of drug-likeness (QED) is 0.736. The van der Waals surface area contributed by atoms with Gasteiger partial charge < -0.3 is 14.0 Å². The second-order valence-electron chi connectivity index (χ2n) is 6.97. The molecule has 0 bridgehead atoms. The summed E-state index contributed by atoms with van der Waals surface area (Å²) in [5, 5.41) is 1.22. The Morgan fingerprint density at radius 2 is 2.12 bits per heavy atom. The molecule has 1 aliphatic heterocycles. The van der Waals surface area contributed by atoms with E-state index >= 15 is 0 Å². The van der Waals surface area contributed by atoms with Crippen LogP contribution in [0.4, 0.5) is 0 Å². The number of aryl methyl sites for hydroxylation is 2. The maximum absolute atomic E-state index is 12.9. The van der Waals surface area contributed by atoms with Crippen LogP contribution in [0.1, 0.15) is 30.3 Å². The molecule has 1 unspecified atom stereocenters. The van der Waals surface area contributed by atoms with Crippen molar-refractivity contribution < 1.29 is 4.79 Å². The second kappa shape index (κ2) is 6.39. The summed E-state index contributed by atoms with van der Waals surface area (Å²) in [5.41, 5.74) is 2.35. The molecule has 3 heterocycles. The summed E-state index contributed by atoms with van der Waals surface area (Å²) < 4.78 is 4.29. The van der Waals surface area contributed by atoms with E-state index in [1.165, 1.54) is 10.9 Å². The van der Waals surface area contributed by atoms with Crippen LogP contribution in [0.3, 0.4) is 0 Å². The third kappa shape index (κ3) is 2.95. The third-order valence-electron chi connectivity index (χ3n) is 5.30. The predicted molar refractivity (Wildman–Crippen MR) is 98.5 cm³/mol. The lowest BCUT2D eigenvalue weighted by molar-refractivity contribution is -0.133. The average molecular weight is 336 g/mol. The van der Waals surface area contributed by atoms with Crippen LogP contribution in [0.15, 0.2) is 42.9 Å². The van der Waals surface area contributed by atoms with Gasteiger partial charge >= 0.3 is 0 Å². The molecular weight excluding hydrogens is 312 g/mol. The third-order valence-corrected chi connectivity index (χ3v) is 5.30. The fourth-order valence-corrected chi connectivity index (χ4v) is 3.99.